The van der Waals surface area contributed by atoms with E-state index >= 15 is 0 Å². The van der Waals surface area contributed by atoms with Gasteiger partial charge in [-0.05, 0) is 62.4 Å². The molecule has 0 aromatic heterocycles. The minimum Gasteiger partial charge on any atom is -0.485 e. The molecule has 4 aliphatic rings. The zero-order valence-electron chi connectivity index (χ0n) is 18.6. The lowest BCUT2D eigenvalue weighted by atomic mass is 9.50. The van der Waals surface area contributed by atoms with E-state index in [0.29, 0.717) is 25.0 Å². The van der Waals surface area contributed by atoms with E-state index in [-0.39, 0.29) is 11.3 Å². The van der Waals surface area contributed by atoms with Crippen molar-refractivity contribution in [2.45, 2.75) is 62.5 Å². The third-order valence-electron chi connectivity index (χ3n) is 8.28. The second-order valence-electron chi connectivity index (χ2n) is 9.99. The molecular weight excluding hydrogens is 404 g/mol. The van der Waals surface area contributed by atoms with Gasteiger partial charge in [-0.1, -0.05) is 36.4 Å². The summed E-state index contributed by atoms with van der Waals surface area (Å²) in [4.78, 5) is 14.5. The molecule has 1 saturated carbocycles. The average Bonchev–Trinajstić information content (AvgIpc) is 3.13. The summed E-state index contributed by atoms with van der Waals surface area (Å²) < 4.78 is 12.9. The Bertz CT molecular complexity index is 1070. The highest BCUT2D eigenvalue weighted by Crippen LogP contribution is 2.65. The van der Waals surface area contributed by atoms with Crippen molar-refractivity contribution < 1.29 is 19.4 Å². The van der Waals surface area contributed by atoms with E-state index in [4.69, 9.17) is 9.47 Å². The fraction of sp³-hybridized carbons (Fsp3) is 0.500. The van der Waals surface area contributed by atoms with Gasteiger partial charge in [-0.25, -0.2) is 0 Å². The predicted octanol–water partition coefficient (Wildman–Crippen LogP) is 2.76. The van der Waals surface area contributed by atoms with Crippen LogP contribution in [-0.2, 0) is 23.2 Å². The second kappa shape index (κ2) is 6.96. The zero-order valence-corrected chi connectivity index (χ0v) is 18.6. The molecule has 2 bridgehead atoms. The van der Waals surface area contributed by atoms with Gasteiger partial charge in [-0.15, -0.1) is 0 Å². The Hall–Kier alpha value is -2.57. The maximum Gasteiger partial charge on any atom is 0.219 e. The van der Waals surface area contributed by atoms with Crippen molar-refractivity contribution in [3.05, 3.63) is 59.2 Å². The van der Waals surface area contributed by atoms with E-state index < -0.39 is 11.8 Å². The smallest absolute Gasteiger partial charge is 0.219 e. The maximum atomic E-state index is 12.0. The minimum atomic E-state index is -1.38. The predicted molar refractivity (Wildman–Crippen MR) is 120 cm³/mol. The lowest BCUT2D eigenvalue weighted by Crippen LogP contribution is -2.73. The van der Waals surface area contributed by atoms with Crippen LogP contribution in [0.3, 0.4) is 0 Å². The molecule has 5 atom stereocenters. The number of amides is 1. The summed E-state index contributed by atoms with van der Waals surface area (Å²) in [5.41, 5.74) is 1.91. The molecule has 2 fully saturated rings. The standard InChI is InChI=1S/C26H30N2O4/c1-16(29)27-26(30)11-10-19-20-14-18-8-9-21(31-15-17-6-4-3-5-7-17)23-22(18)25(19,24(26)32-23)12-13-28(20)2/h3-9,19-20,24,30H,10-15H2,1-2H3,(H,27,29)/t19-,20+,24+,25-,26-/m0/s1. The van der Waals surface area contributed by atoms with E-state index in [9.17, 15) is 9.90 Å². The number of aliphatic hydroxyl groups is 1. The average molecular weight is 435 g/mol. The Morgan fingerprint density at radius 3 is 2.84 bits per heavy atom. The van der Waals surface area contributed by atoms with Crippen molar-refractivity contribution in [2.24, 2.45) is 5.92 Å². The van der Waals surface area contributed by atoms with Crippen LogP contribution in [0.5, 0.6) is 11.5 Å². The van der Waals surface area contributed by atoms with Crippen LogP contribution in [0.2, 0.25) is 0 Å². The molecule has 2 aliphatic heterocycles. The van der Waals surface area contributed by atoms with Gasteiger partial charge in [0.15, 0.2) is 23.3 Å². The first-order valence-electron chi connectivity index (χ1n) is 11.6. The summed E-state index contributed by atoms with van der Waals surface area (Å²) >= 11 is 0. The van der Waals surface area contributed by atoms with Crippen molar-refractivity contribution in [1.82, 2.24) is 10.2 Å². The van der Waals surface area contributed by atoms with Crippen molar-refractivity contribution >= 4 is 5.91 Å². The molecule has 168 valence electrons. The van der Waals surface area contributed by atoms with Crippen LogP contribution in [0.15, 0.2) is 42.5 Å². The van der Waals surface area contributed by atoms with E-state index in [1.165, 1.54) is 18.1 Å². The molecular formula is C26H30N2O4. The van der Waals surface area contributed by atoms with Crippen molar-refractivity contribution in [3.8, 4) is 11.5 Å². The number of rotatable bonds is 4. The Morgan fingerprint density at radius 1 is 1.25 bits per heavy atom. The number of nitrogens with zero attached hydrogens (tertiary/aromatic N) is 1. The maximum absolute atomic E-state index is 12.0. The Balaban J connectivity index is 1.46. The third kappa shape index (κ3) is 2.69. The summed E-state index contributed by atoms with van der Waals surface area (Å²) in [5.74, 6) is 1.64. The van der Waals surface area contributed by atoms with E-state index in [0.717, 1.165) is 42.9 Å². The largest absolute Gasteiger partial charge is 0.485 e. The van der Waals surface area contributed by atoms with Crippen LogP contribution < -0.4 is 14.8 Å². The molecule has 32 heavy (non-hydrogen) atoms. The fourth-order valence-corrected chi connectivity index (χ4v) is 7.04. The van der Waals surface area contributed by atoms with Crippen LogP contribution >= 0.6 is 0 Å². The molecule has 1 amide bonds. The Kier molecular flexibility index (Phi) is 4.37. The van der Waals surface area contributed by atoms with Gasteiger partial charge < -0.3 is 24.8 Å². The molecule has 6 rings (SSSR count). The van der Waals surface area contributed by atoms with Gasteiger partial charge in [-0.3, -0.25) is 4.79 Å². The van der Waals surface area contributed by atoms with Crippen molar-refractivity contribution in [1.29, 1.82) is 0 Å². The monoisotopic (exact) mass is 434 g/mol. The normalized spacial score (nSPS) is 34.4. The minimum absolute atomic E-state index is 0.233. The summed E-state index contributed by atoms with van der Waals surface area (Å²) in [6, 6.07) is 14.7. The van der Waals surface area contributed by atoms with Gasteiger partial charge in [0, 0.05) is 23.9 Å². The van der Waals surface area contributed by atoms with Crippen molar-refractivity contribution in [2.75, 3.05) is 13.6 Å². The number of hydrogen-bond acceptors (Lipinski definition) is 5. The van der Waals surface area contributed by atoms with E-state index in [2.05, 4.69) is 23.3 Å². The van der Waals surface area contributed by atoms with Gasteiger partial charge >= 0.3 is 0 Å². The summed E-state index contributed by atoms with van der Waals surface area (Å²) in [6.45, 7) is 2.87. The van der Waals surface area contributed by atoms with Gasteiger partial charge in [0.2, 0.25) is 5.91 Å². The molecule has 2 aromatic carbocycles. The highest BCUT2D eigenvalue weighted by Gasteiger charge is 2.69. The van der Waals surface area contributed by atoms with Crippen LogP contribution in [0.1, 0.15) is 42.9 Å². The quantitative estimate of drug-likeness (QED) is 0.725. The molecule has 0 radical (unpaired) electrons. The molecule has 2 heterocycles. The highest BCUT2D eigenvalue weighted by molar-refractivity contribution is 5.74. The number of carbonyl (C=O) groups excluding carboxylic acids is 1. The molecule has 6 nitrogen and oxygen atoms in total. The van der Waals surface area contributed by atoms with Crippen LogP contribution in [0.25, 0.3) is 0 Å². The number of hydrogen-bond donors (Lipinski definition) is 2. The number of likely N-dealkylation sites (N-methyl/N-ethyl adjacent to an activating group) is 1. The van der Waals surface area contributed by atoms with Gasteiger partial charge in [-0.2, -0.15) is 0 Å². The summed E-state index contributed by atoms with van der Waals surface area (Å²) in [6.07, 6.45) is 2.74. The van der Waals surface area contributed by atoms with Crippen LogP contribution in [0.4, 0.5) is 0 Å². The first-order valence-corrected chi connectivity index (χ1v) is 11.6. The van der Waals surface area contributed by atoms with Gasteiger partial charge in [0.1, 0.15) is 6.61 Å². The Morgan fingerprint density at radius 2 is 2.06 bits per heavy atom. The number of carbonyl (C=O) groups is 1. The van der Waals surface area contributed by atoms with E-state index in [1.807, 2.05) is 36.4 Å². The summed E-state index contributed by atoms with van der Waals surface area (Å²) in [7, 11) is 2.21. The topological polar surface area (TPSA) is 71.0 Å². The number of nitrogens with one attached hydrogen (secondary N) is 1. The van der Waals surface area contributed by atoms with Gasteiger partial charge in [0.05, 0.1) is 0 Å². The van der Waals surface area contributed by atoms with Crippen molar-refractivity contribution in [3.63, 3.8) is 0 Å². The SMILES string of the molecule is CC(=O)N[C@]1(O)CC[C@H]2[C@H]3Cc4ccc(OCc5ccccc5)c5c4[C@@]2(CCN3C)[C@H]1O5. The van der Waals surface area contributed by atoms with Crippen LogP contribution in [0, 0.1) is 5.92 Å². The number of likely N-dealkylation sites (tertiary alicyclic amines) is 1. The number of ether oxygens (including phenoxy) is 2. The fourth-order valence-electron chi connectivity index (χ4n) is 7.04. The van der Waals surface area contributed by atoms with E-state index in [1.54, 1.807) is 0 Å². The molecule has 0 unspecified atom stereocenters. The lowest BCUT2D eigenvalue weighted by molar-refractivity contribution is -0.176. The molecule has 1 saturated heterocycles. The van der Waals surface area contributed by atoms with Crippen LogP contribution in [-0.4, -0.2) is 47.4 Å². The number of benzene rings is 2. The lowest BCUT2D eigenvalue weighted by Gasteiger charge is -2.60. The molecule has 1 spiro atoms. The second-order valence-corrected chi connectivity index (χ2v) is 9.99. The molecule has 2 N–H and O–H groups in total. The first kappa shape index (κ1) is 20.1. The zero-order chi connectivity index (χ0) is 22.1. The molecule has 2 aromatic rings. The number of piperidine rings is 1. The van der Waals surface area contributed by atoms with Gasteiger partial charge in [0.25, 0.3) is 0 Å². The Labute approximate surface area is 188 Å². The summed E-state index contributed by atoms with van der Waals surface area (Å²) in [5, 5.41) is 14.5. The third-order valence-corrected chi connectivity index (χ3v) is 8.28. The first-order chi connectivity index (χ1) is 15.4. The molecule has 2 aliphatic carbocycles. The highest BCUT2D eigenvalue weighted by atomic mass is 16.5. The molecule has 6 heteroatoms.